The van der Waals surface area contributed by atoms with Gasteiger partial charge in [0, 0.05) is 10.6 Å². The molecule has 0 atom stereocenters. The fourth-order valence-electron chi connectivity index (χ4n) is 0.944. The predicted molar refractivity (Wildman–Crippen MR) is 42.7 cm³/mol. The highest BCUT2D eigenvalue weighted by Gasteiger charge is 1.96. The number of hydrogen-bond donors (Lipinski definition) is 1. The second-order valence-electron chi connectivity index (χ2n) is 2.20. The van der Waals surface area contributed by atoms with Crippen molar-refractivity contribution >= 4 is 16.7 Å². The number of azide groups is 1. The minimum absolute atomic E-state index is 0.541. The Labute approximate surface area is 66.8 Å². The minimum atomic E-state index is 0.541. The number of aromatic nitrogens is 3. The van der Waals surface area contributed by atoms with Gasteiger partial charge in [0.05, 0.1) is 5.52 Å². The molecule has 0 aliphatic rings. The molecule has 58 valence electrons. The van der Waals surface area contributed by atoms with Crippen molar-refractivity contribution in [2.45, 2.75) is 0 Å². The summed E-state index contributed by atoms with van der Waals surface area (Å²) in [6.07, 6.45) is 0. The Kier molecular flexibility index (Phi) is 1.39. The topological polar surface area (TPSA) is 90.3 Å². The number of rotatable bonds is 1. The molecule has 0 spiro atoms. The first-order valence-corrected chi connectivity index (χ1v) is 3.26. The van der Waals surface area contributed by atoms with E-state index in [9.17, 15) is 0 Å². The summed E-state index contributed by atoms with van der Waals surface area (Å²) >= 11 is 0. The summed E-state index contributed by atoms with van der Waals surface area (Å²) in [7, 11) is 0. The molecule has 0 amide bonds. The molecule has 1 N–H and O–H groups in total. The van der Waals surface area contributed by atoms with Crippen molar-refractivity contribution in [1.82, 2.24) is 15.4 Å². The largest absolute Gasteiger partial charge is 0.258 e. The maximum absolute atomic E-state index is 8.16. The van der Waals surface area contributed by atoms with Gasteiger partial charge in [0.1, 0.15) is 5.52 Å². The quantitative estimate of drug-likeness (QED) is 0.392. The van der Waals surface area contributed by atoms with Crippen LogP contribution in [0.15, 0.2) is 23.3 Å². The molecule has 2 rings (SSSR count). The molecule has 0 aliphatic heterocycles. The van der Waals surface area contributed by atoms with E-state index in [2.05, 4.69) is 25.4 Å². The Balaban J connectivity index is 2.67. The first kappa shape index (κ1) is 6.63. The highest BCUT2D eigenvalue weighted by molar-refractivity contribution is 5.76. The monoisotopic (exact) mass is 160 g/mol. The van der Waals surface area contributed by atoms with Crippen molar-refractivity contribution in [3.05, 3.63) is 28.6 Å². The van der Waals surface area contributed by atoms with Crippen LogP contribution >= 0.6 is 0 Å². The van der Waals surface area contributed by atoms with Gasteiger partial charge in [0.25, 0.3) is 0 Å². The van der Waals surface area contributed by atoms with E-state index in [4.69, 9.17) is 5.53 Å². The number of nitrogens with zero attached hydrogens (tertiary/aromatic N) is 5. The van der Waals surface area contributed by atoms with E-state index in [1.54, 1.807) is 18.2 Å². The zero-order chi connectivity index (χ0) is 8.39. The van der Waals surface area contributed by atoms with Crippen LogP contribution in [0.25, 0.3) is 21.5 Å². The molecular weight excluding hydrogens is 156 g/mol. The van der Waals surface area contributed by atoms with Gasteiger partial charge in [-0.25, -0.2) is 0 Å². The summed E-state index contributed by atoms with van der Waals surface area (Å²) < 4.78 is 0. The summed E-state index contributed by atoms with van der Waals surface area (Å²) in [5.41, 5.74) is 10.2. The molecule has 2 aromatic rings. The number of H-pyrrole nitrogens is 1. The fourth-order valence-corrected chi connectivity index (χ4v) is 0.944. The van der Waals surface area contributed by atoms with Gasteiger partial charge in [0.2, 0.25) is 0 Å². The lowest BCUT2D eigenvalue weighted by Gasteiger charge is -1.88. The average Bonchev–Trinajstić information content (AvgIpc) is 2.51. The van der Waals surface area contributed by atoms with E-state index in [-0.39, 0.29) is 0 Å². The highest BCUT2D eigenvalue weighted by Crippen LogP contribution is 2.17. The van der Waals surface area contributed by atoms with E-state index in [0.29, 0.717) is 11.2 Å². The molecule has 6 nitrogen and oxygen atoms in total. The Morgan fingerprint density at radius 1 is 1.50 bits per heavy atom. The third-order valence-electron chi connectivity index (χ3n) is 1.47. The van der Waals surface area contributed by atoms with E-state index >= 15 is 0 Å². The van der Waals surface area contributed by atoms with Crippen LogP contribution in [0.3, 0.4) is 0 Å². The molecular formula is C6H4N6. The van der Waals surface area contributed by atoms with Crippen molar-refractivity contribution in [3.63, 3.8) is 0 Å². The number of benzene rings is 1. The average molecular weight is 160 g/mol. The predicted octanol–water partition coefficient (Wildman–Crippen LogP) is 1.90. The molecule has 0 radical (unpaired) electrons. The van der Waals surface area contributed by atoms with Crippen LogP contribution in [-0.2, 0) is 0 Å². The maximum atomic E-state index is 8.16. The Hall–Kier alpha value is -2.07. The van der Waals surface area contributed by atoms with Crippen molar-refractivity contribution in [2.75, 3.05) is 0 Å². The fraction of sp³-hybridized carbons (Fsp3) is 0. The third-order valence-corrected chi connectivity index (χ3v) is 1.47. The van der Waals surface area contributed by atoms with Crippen LogP contribution < -0.4 is 0 Å². The SMILES string of the molecule is [N-]=[N+]=Nc1ccc2[nH]nnc2c1. The second-order valence-corrected chi connectivity index (χ2v) is 2.20. The number of nitrogens with one attached hydrogen (secondary N) is 1. The minimum Gasteiger partial charge on any atom is -0.258 e. The van der Waals surface area contributed by atoms with Gasteiger partial charge in [-0.05, 0) is 17.7 Å². The Morgan fingerprint density at radius 2 is 2.42 bits per heavy atom. The summed E-state index contributed by atoms with van der Waals surface area (Å²) in [6.45, 7) is 0. The van der Waals surface area contributed by atoms with Gasteiger partial charge in [-0.3, -0.25) is 5.10 Å². The molecule has 0 unspecified atom stereocenters. The molecule has 0 fully saturated rings. The van der Waals surface area contributed by atoms with Gasteiger partial charge >= 0.3 is 0 Å². The van der Waals surface area contributed by atoms with Crippen LogP contribution in [0.4, 0.5) is 5.69 Å². The lowest BCUT2D eigenvalue weighted by atomic mass is 10.3. The first-order valence-electron chi connectivity index (χ1n) is 3.26. The van der Waals surface area contributed by atoms with Crippen molar-refractivity contribution in [2.24, 2.45) is 5.11 Å². The number of hydrogen-bond acceptors (Lipinski definition) is 3. The van der Waals surface area contributed by atoms with Gasteiger partial charge < -0.3 is 0 Å². The normalized spacial score (nSPS) is 9.67. The second kappa shape index (κ2) is 2.52. The van der Waals surface area contributed by atoms with Crippen molar-refractivity contribution in [3.8, 4) is 0 Å². The summed E-state index contributed by atoms with van der Waals surface area (Å²) in [6, 6.07) is 5.12. The van der Waals surface area contributed by atoms with Crippen molar-refractivity contribution in [1.29, 1.82) is 0 Å². The van der Waals surface area contributed by atoms with Gasteiger partial charge in [0.15, 0.2) is 0 Å². The van der Waals surface area contributed by atoms with Crippen molar-refractivity contribution < 1.29 is 0 Å². The number of aromatic amines is 1. The van der Waals surface area contributed by atoms with E-state index < -0.39 is 0 Å². The Bertz CT molecular complexity index is 452. The summed E-state index contributed by atoms with van der Waals surface area (Å²) in [5, 5.41) is 13.5. The molecule has 1 aromatic heterocycles. The van der Waals surface area contributed by atoms with Crippen LogP contribution in [0.1, 0.15) is 0 Å². The van der Waals surface area contributed by atoms with Gasteiger partial charge in [-0.15, -0.1) is 5.10 Å². The van der Waals surface area contributed by atoms with Crippen LogP contribution in [0, 0.1) is 0 Å². The van der Waals surface area contributed by atoms with Crippen LogP contribution in [0.2, 0.25) is 0 Å². The zero-order valence-corrected chi connectivity index (χ0v) is 5.97. The third kappa shape index (κ3) is 0.959. The molecule has 0 saturated carbocycles. The van der Waals surface area contributed by atoms with Gasteiger partial charge in [-0.1, -0.05) is 16.4 Å². The van der Waals surface area contributed by atoms with E-state index in [1.165, 1.54) is 0 Å². The summed E-state index contributed by atoms with van der Waals surface area (Å²) in [5.74, 6) is 0. The molecule has 1 heterocycles. The standard InChI is InChI=1S/C6H4N6/c7-11-8-4-1-2-5-6(3-4)10-12-9-5/h1-3H,(H,9,10,12). The number of fused-ring (bicyclic) bond motifs is 1. The highest BCUT2D eigenvalue weighted by atomic mass is 15.3. The first-order chi connectivity index (χ1) is 5.90. The Morgan fingerprint density at radius 3 is 3.25 bits per heavy atom. The zero-order valence-electron chi connectivity index (χ0n) is 5.97. The van der Waals surface area contributed by atoms with Crippen LogP contribution in [-0.4, -0.2) is 15.4 Å². The van der Waals surface area contributed by atoms with E-state index in [1.807, 2.05) is 0 Å². The van der Waals surface area contributed by atoms with Crippen LogP contribution in [0.5, 0.6) is 0 Å². The lowest BCUT2D eigenvalue weighted by molar-refractivity contribution is 0.959. The molecule has 0 saturated heterocycles. The smallest absolute Gasteiger partial charge is 0.113 e. The molecule has 0 aliphatic carbocycles. The molecule has 0 bridgehead atoms. The molecule has 6 heteroatoms. The molecule has 1 aromatic carbocycles. The molecule has 12 heavy (non-hydrogen) atoms. The lowest BCUT2D eigenvalue weighted by Crippen LogP contribution is -1.67. The van der Waals surface area contributed by atoms with Gasteiger partial charge in [-0.2, -0.15) is 0 Å². The van der Waals surface area contributed by atoms with E-state index in [0.717, 1.165) is 5.52 Å². The maximum Gasteiger partial charge on any atom is 0.113 e. The summed E-state index contributed by atoms with van der Waals surface area (Å²) in [4.78, 5) is 2.66.